The summed E-state index contributed by atoms with van der Waals surface area (Å²) in [5.74, 6) is -0.562. The van der Waals surface area contributed by atoms with Crippen molar-refractivity contribution in [1.29, 1.82) is 0 Å². The minimum Gasteiger partial charge on any atom is -0.469 e. The summed E-state index contributed by atoms with van der Waals surface area (Å²) < 4.78 is 4.48. The zero-order valence-electron chi connectivity index (χ0n) is 11.4. The Morgan fingerprint density at radius 3 is 2.37 bits per heavy atom. The third-order valence-electron chi connectivity index (χ3n) is 2.29. The van der Waals surface area contributed by atoms with Crippen LogP contribution in [0.4, 0.5) is 5.69 Å². The van der Waals surface area contributed by atoms with Gasteiger partial charge in [0, 0.05) is 22.3 Å². The highest BCUT2D eigenvalue weighted by Crippen LogP contribution is 2.24. The van der Waals surface area contributed by atoms with Gasteiger partial charge in [0.1, 0.15) is 0 Å². The fourth-order valence-corrected chi connectivity index (χ4v) is 2.27. The highest BCUT2D eigenvalue weighted by molar-refractivity contribution is 7.99. The van der Waals surface area contributed by atoms with Gasteiger partial charge in [0.2, 0.25) is 5.91 Å². The molecule has 5 heteroatoms. The average Bonchev–Trinajstić information content (AvgIpc) is 2.37. The molecule has 0 aliphatic heterocycles. The molecule has 1 rings (SSSR count). The summed E-state index contributed by atoms with van der Waals surface area (Å²) in [7, 11) is 1.31. The molecule has 4 nitrogen and oxygen atoms in total. The molecule has 1 N–H and O–H groups in total. The Bertz CT molecular complexity index is 429. The first-order chi connectivity index (χ1) is 9.01. The number of methoxy groups -OCH3 is 1. The van der Waals surface area contributed by atoms with Crippen molar-refractivity contribution in [2.75, 3.05) is 12.4 Å². The van der Waals surface area contributed by atoms with E-state index >= 15 is 0 Å². The topological polar surface area (TPSA) is 55.4 Å². The molecule has 0 bridgehead atoms. The van der Waals surface area contributed by atoms with Crippen LogP contribution in [0.25, 0.3) is 0 Å². The van der Waals surface area contributed by atoms with Crippen molar-refractivity contribution in [2.45, 2.75) is 36.8 Å². The molecule has 0 aliphatic rings. The van der Waals surface area contributed by atoms with Crippen LogP contribution in [-0.2, 0) is 14.3 Å². The molecule has 1 aromatic carbocycles. The van der Waals surface area contributed by atoms with Gasteiger partial charge in [-0.25, -0.2) is 0 Å². The summed E-state index contributed by atoms with van der Waals surface area (Å²) in [5.41, 5.74) is 0.739. The Kier molecular flexibility index (Phi) is 6.42. The van der Waals surface area contributed by atoms with Gasteiger partial charge in [0.25, 0.3) is 0 Å². The van der Waals surface area contributed by atoms with Crippen LogP contribution >= 0.6 is 11.8 Å². The lowest BCUT2D eigenvalue weighted by molar-refractivity contribution is -0.141. The number of rotatable bonds is 6. The number of carbonyl (C=O) groups excluding carboxylic acids is 2. The van der Waals surface area contributed by atoms with Crippen LogP contribution in [0, 0.1) is 0 Å². The SMILES string of the molecule is COC(=O)CCC(=O)Nc1ccc(SC(C)C)cc1. The third-order valence-corrected chi connectivity index (χ3v) is 3.31. The van der Waals surface area contributed by atoms with E-state index < -0.39 is 0 Å². The van der Waals surface area contributed by atoms with Gasteiger partial charge < -0.3 is 10.1 Å². The van der Waals surface area contributed by atoms with Gasteiger partial charge in [-0.05, 0) is 24.3 Å². The molecule has 0 saturated heterocycles. The maximum Gasteiger partial charge on any atom is 0.306 e. The highest BCUT2D eigenvalue weighted by atomic mass is 32.2. The van der Waals surface area contributed by atoms with Gasteiger partial charge in [-0.2, -0.15) is 0 Å². The van der Waals surface area contributed by atoms with Crippen molar-refractivity contribution in [2.24, 2.45) is 0 Å². The first-order valence-electron chi connectivity index (χ1n) is 6.14. The highest BCUT2D eigenvalue weighted by Gasteiger charge is 2.07. The van der Waals surface area contributed by atoms with Crippen molar-refractivity contribution in [3.8, 4) is 0 Å². The van der Waals surface area contributed by atoms with E-state index in [0.717, 1.165) is 5.69 Å². The minimum atomic E-state index is -0.376. The number of hydrogen-bond donors (Lipinski definition) is 1. The largest absolute Gasteiger partial charge is 0.469 e. The molecule has 1 amide bonds. The lowest BCUT2D eigenvalue weighted by Gasteiger charge is -2.07. The van der Waals surface area contributed by atoms with E-state index in [1.807, 2.05) is 24.3 Å². The van der Waals surface area contributed by atoms with E-state index in [4.69, 9.17) is 0 Å². The first-order valence-corrected chi connectivity index (χ1v) is 7.02. The molecular weight excluding hydrogens is 262 g/mol. The van der Waals surface area contributed by atoms with E-state index in [-0.39, 0.29) is 24.7 Å². The number of ether oxygens (including phenoxy) is 1. The number of amides is 1. The predicted molar refractivity (Wildman–Crippen MR) is 77.3 cm³/mol. The standard InChI is InChI=1S/C14H19NO3S/c1-10(2)19-12-6-4-11(5-7-12)15-13(16)8-9-14(17)18-3/h4-7,10H,8-9H2,1-3H3,(H,15,16). The second kappa shape index (κ2) is 7.84. The second-order valence-corrected chi connectivity index (χ2v) is 5.97. The van der Waals surface area contributed by atoms with Gasteiger partial charge in [-0.1, -0.05) is 13.8 Å². The Hall–Kier alpha value is -1.49. The maximum absolute atomic E-state index is 11.6. The number of carbonyl (C=O) groups is 2. The van der Waals surface area contributed by atoms with Gasteiger partial charge in [-0.15, -0.1) is 11.8 Å². The molecule has 0 aromatic heterocycles. The Balaban J connectivity index is 2.44. The molecule has 0 saturated carbocycles. The van der Waals surface area contributed by atoms with E-state index in [0.29, 0.717) is 5.25 Å². The van der Waals surface area contributed by atoms with Gasteiger partial charge in [0.15, 0.2) is 0 Å². The fourth-order valence-electron chi connectivity index (χ4n) is 1.43. The molecule has 0 spiro atoms. The summed E-state index contributed by atoms with van der Waals surface area (Å²) in [4.78, 5) is 23.7. The van der Waals surface area contributed by atoms with Crippen molar-refractivity contribution < 1.29 is 14.3 Å². The van der Waals surface area contributed by atoms with E-state index in [9.17, 15) is 9.59 Å². The normalized spacial score (nSPS) is 10.3. The number of thioether (sulfide) groups is 1. The molecule has 0 atom stereocenters. The van der Waals surface area contributed by atoms with Gasteiger partial charge >= 0.3 is 5.97 Å². The molecule has 0 heterocycles. The van der Waals surface area contributed by atoms with Crippen LogP contribution in [0.5, 0.6) is 0 Å². The molecule has 19 heavy (non-hydrogen) atoms. The number of esters is 1. The Labute approximate surface area is 117 Å². The van der Waals surface area contributed by atoms with Crippen LogP contribution in [0.3, 0.4) is 0 Å². The van der Waals surface area contributed by atoms with Crippen molar-refractivity contribution in [3.05, 3.63) is 24.3 Å². The number of benzene rings is 1. The van der Waals surface area contributed by atoms with Crippen LogP contribution in [0.1, 0.15) is 26.7 Å². The molecule has 104 valence electrons. The van der Waals surface area contributed by atoms with Crippen molar-refractivity contribution in [1.82, 2.24) is 0 Å². The van der Waals surface area contributed by atoms with Crippen LogP contribution in [0.15, 0.2) is 29.2 Å². The van der Waals surface area contributed by atoms with Crippen LogP contribution < -0.4 is 5.32 Å². The summed E-state index contributed by atoms with van der Waals surface area (Å²) in [6.45, 7) is 4.26. The molecule has 0 unspecified atom stereocenters. The summed E-state index contributed by atoms with van der Waals surface area (Å²) in [6, 6.07) is 7.67. The number of anilines is 1. The lowest BCUT2D eigenvalue weighted by Crippen LogP contribution is -2.13. The minimum absolute atomic E-state index is 0.101. The summed E-state index contributed by atoms with van der Waals surface area (Å²) in [6.07, 6.45) is 0.235. The lowest BCUT2D eigenvalue weighted by atomic mass is 10.2. The van der Waals surface area contributed by atoms with Crippen molar-refractivity contribution >= 4 is 29.3 Å². The molecule has 1 aromatic rings. The van der Waals surface area contributed by atoms with E-state index in [2.05, 4.69) is 23.9 Å². The van der Waals surface area contributed by atoms with Gasteiger partial charge in [0.05, 0.1) is 13.5 Å². The molecule has 0 aliphatic carbocycles. The fraction of sp³-hybridized carbons (Fsp3) is 0.429. The second-order valence-electron chi connectivity index (χ2n) is 4.32. The zero-order valence-corrected chi connectivity index (χ0v) is 12.3. The zero-order chi connectivity index (χ0) is 14.3. The van der Waals surface area contributed by atoms with Gasteiger partial charge in [-0.3, -0.25) is 9.59 Å². The molecular formula is C14H19NO3S. The van der Waals surface area contributed by atoms with Crippen molar-refractivity contribution in [3.63, 3.8) is 0 Å². The molecule has 0 fully saturated rings. The smallest absolute Gasteiger partial charge is 0.306 e. The quantitative estimate of drug-likeness (QED) is 0.643. The third kappa shape index (κ3) is 6.29. The summed E-state index contributed by atoms with van der Waals surface area (Å²) >= 11 is 1.77. The summed E-state index contributed by atoms with van der Waals surface area (Å²) in [5, 5.41) is 3.27. The van der Waals surface area contributed by atoms with Crippen LogP contribution in [-0.4, -0.2) is 24.2 Å². The monoisotopic (exact) mass is 281 g/mol. The predicted octanol–water partition coefficient (Wildman–Crippen LogP) is 3.08. The first kappa shape index (κ1) is 15.6. The molecule has 0 radical (unpaired) electrons. The maximum atomic E-state index is 11.6. The Morgan fingerprint density at radius 2 is 1.84 bits per heavy atom. The number of nitrogens with one attached hydrogen (secondary N) is 1. The van der Waals surface area contributed by atoms with E-state index in [1.165, 1.54) is 12.0 Å². The van der Waals surface area contributed by atoms with Crippen LogP contribution in [0.2, 0.25) is 0 Å². The Morgan fingerprint density at radius 1 is 1.21 bits per heavy atom. The average molecular weight is 281 g/mol. The van der Waals surface area contributed by atoms with E-state index in [1.54, 1.807) is 11.8 Å². The number of hydrogen-bond acceptors (Lipinski definition) is 4.